The molecule has 0 fully saturated rings. The van der Waals surface area contributed by atoms with Crippen LogP contribution in [-0.4, -0.2) is 33.7 Å². The van der Waals surface area contributed by atoms with Gasteiger partial charge in [-0.25, -0.2) is 0 Å². The van der Waals surface area contributed by atoms with E-state index in [0.29, 0.717) is 13.0 Å². The lowest BCUT2D eigenvalue weighted by molar-refractivity contribution is -0.137. The Morgan fingerprint density at radius 1 is 1.32 bits per heavy atom. The number of nitrogens with one attached hydrogen (secondary N) is 1. The van der Waals surface area contributed by atoms with Gasteiger partial charge in [-0.05, 0) is 24.5 Å². The van der Waals surface area contributed by atoms with Gasteiger partial charge in [0.05, 0.1) is 5.56 Å². The van der Waals surface area contributed by atoms with Gasteiger partial charge in [0.15, 0.2) is 0 Å². The van der Waals surface area contributed by atoms with Crippen molar-refractivity contribution >= 4 is 11.9 Å². The van der Waals surface area contributed by atoms with Crippen molar-refractivity contribution in [2.24, 2.45) is 5.92 Å². The van der Waals surface area contributed by atoms with Crippen molar-refractivity contribution < 1.29 is 24.9 Å². The summed E-state index contributed by atoms with van der Waals surface area (Å²) in [6.45, 7) is 2.16. The van der Waals surface area contributed by atoms with Gasteiger partial charge in [0, 0.05) is 19.0 Å². The average molecular weight is 267 g/mol. The molecular weight excluding hydrogens is 250 g/mol. The highest BCUT2D eigenvalue weighted by Crippen LogP contribution is 2.22. The van der Waals surface area contributed by atoms with Crippen LogP contribution in [0.15, 0.2) is 18.2 Å². The van der Waals surface area contributed by atoms with Crippen molar-refractivity contribution in [1.82, 2.24) is 5.32 Å². The maximum Gasteiger partial charge on any atom is 0.303 e. The second-order valence-corrected chi connectivity index (χ2v) is 4.45. The molecule has 1 unspecified atom stereocenters. The molecule has 4 N–H and O–H groups in total. The third-order valence-corrected chi connectivity index (χ3v) is 2.69. The van der Waals surface area contributed by atoms with Crippen molar-refractivity contribution in [3.8, 4) is 11.5 Å². The molecule has 0 aliphatic carbocycles. The molecule has 1 atom stereocenters. The molecule has 1 aromatic carbocycles. The van der Waals surface area contributed by atoms with E-state index < -0.39 is 11.9 Å². The summed E-state index contributed by atoms with van der Waals surface area (Å²) in [5.41, 5.74) is 0.0724. The highest BCUT2D eigenvalue weighted by Gasteiger charge is 2.13. The largest absolute Gasteiger partial charge is 0.508 e. The van der Waals surface area contributed by atoms with Gasteiger partial charge in [-0.2, -0.15) is 0 Å². The maximum absolute atomic E-state index is 11.8. The minimum absolute atomic E-state index is 0.0271. The van der Waals surface area contributed by atoms with Crippen LogP contribution < -0.4 is 5.32 Å². The lowest BCUT2D eigenvalue weighted by Crippen LogP contribution is -2.28. The monoisotopic (exact) mass is 267 g/mol. The second-order valence-electron chi connectivity index (χ2n) is 4.45. The van der Waals surface area contributed by atoms with E-state index in [9.17, 15) is 14.7 Å². The van der Waals surface area contributed by atoms with E-state index in [1.807, 2.05) is 6.92 Å². The number of carbonyl (C=O) groups excluding carboxylic acids is 1. The number of carboxylic acids is 1. The zero-order chi connectivity index (χ0) is 14.4. The van der Waals surface area contributed by atoms with Crippen LogP contribution in [0.3, 0.4) is 0 Å². The van der Waals surface area contributed by atoms with Crippen LogP contribution in [0.4, 0.5) is 0 Å². The summed E-state index contributed by atoms with van der Waals surface area (Å²) in [5.74, 6) is -1.71. The van der Waals surface area contributed by atoms with Crippen LogP contribution >= 0.6 is 0 Å². The predicted molar refractivity (Wildman–Crippen MR) is 68.1 cm³/mol. The van der Waals surface area contributed by atoms with Gasteiger partial charge in [0.25, 0.3) is 5.91 Å². The number of hydrogen-bond donors (Lipinski definition) is 4. The van der Waals surface area contributed by atoms with Crippen LogP contribution in [0, 0.1) is 5.92 Å². The summed E-state index contributed by atoms with van der Waals surface area (Å²) in [5, 5.41) is 29.8. The first kappa shape index (κ1) is 14.8. The smallest absolute Gasteiger partial charge is 0.303 e. The molecule has 0 aliphatic heterocycles. The van der Waals surface area contributed by atoms with Crippen LogP contribution in [0.25, 0.3) is 0 Å². The number of aromatic hydroxyl groups is 2. The molecule has 6 nitrogen and oxygen atoms in total. The number of hydrogen-bond acceptors (Lipinski definition) is 4. The fourth-order valence-corrected chi connectivity index (χ4v) is 1.55. The van der Waals surface area contributed by atoms with Gasteiger partial charge < -0.3 is 20.6 Å². The molecule has 0 heterocycles. The first-order chi connectivity index (χ1) is 8.90. The standard InChI is InChI=1S/C13H17NO5/c1-8(2-5-12(17)18)7-14-13(19)10-4-3-9(15)6-11(10)16/h3-4,6,8,15-16H,2,5,7H2,1H3,(H,14,19)(H,17,18). The summed E-state index contributed by atoms with van der Waals surface area (Å²) in [6, 6.07) is 3.72. The van der Waals surface area contributed by atoms with E-state index in [2.05, 4.69) is 5.32 Å². The number of aliphatic carboxylic acids is 1. The Bertz CT molecular complexity index is 472. The van der Waals surface area contributed by atoms with E-state index in [1.54, 1.807) is 0 Å². The second kappa shape index (κ2) is 6.63. The Morgan fingerprint density at radius 2 is 2.00 bits per heavy atom. The van der Waals surface area contributed by atoms with Gasteiger partial charge in [-0.1, -0.05) is 6.92 Å². The Balaban J connectivity index is 2.49. The topological polar surface area (TPSA) is 107 Å². The van der Waals surface area contributed by atoms with Crippen molar-refractivity contribution in [1.29, 1.82) is 0 Å². The lowest BCUT2D eigenvalue weighted by Gasteiger charge is -2.12. The predicted octanol–water partition coefficient (Wildman–Crippen LogP) is 1.33. The molecule has 0 aromatic heterocycles. The fourth-order valence-electron chi connectivity index (χ4n) is 1.55. The van der Waals surface area contributed by atoms with Crippen molar-refractivity contribution in [3.05, 3.63) is 23.8 Å². The minimum Gasteiger partial charge on any atom is -0.508 e. The Morgan fingerprint density at radius 3 is 2.58 bits per heavy atom. The Hall–Kier alpha value is -2.24. The van der Waals surface area contributed by atoms with Crippen LogP contribution in [-0.2, 0) is 4.79 Å². The van der Waals surface area contributed by atoms with Crippen LogP contribution in [0.1, 0.15) is 30.1 Å². The van der Waals surface area contributed by atoms with Gasteiger partial charge in [0.1, 0.15) is 11.5 Å². The lowest BCUT2D eigenvalue weighted by atomic mass is 10.1. The van der Waals surface area contributed by atoms with E-state index in [1.165, 1.54) is 12.1 Å². The third kappa shape index (κ3) is 4.87. The summed E-state index contributed by atoms with van der Waals surface area (Å²) in [7, 11) is 0. The summed E-state index contributed by atoms with van der Waals surface area (Å²) in [6.07, 6.45) is 0.526. The number of amides is 1. The number of carboxylic acid groups (broad SMARTS) is 1. The van der Waals surface area contributed by atoms with Gasteiger partial charge >= 0.3 is 5.97 Å². The molecule has 0 radical (unpaired) electrons. The van der Waals surface area contributed by atoms with Crippen LogP contribution in [0.2, 0.25) is 0 Å². The average Bonchev–Trinajstić information content (AvgIpc) is 2.33. The number of rotatable bonds is 6. The molecule has 0 saturated carbocycles. The van der Waals surface area contributed by atoms with Crippen molar-refractivity contribution in [3.63, 3.8) is 0 Å². The number of phenols is 2. The quantitative estimate of drug-likeness (QED) is 0.622. The third-order valence-electron chi connectivity index (χ3n) is 2.69. The molecule has 0 aliphatic rings. The molecule has 0 saturated heterocycles. The zero-order valence-electron chi connectivity index (χ0n) is 10.6. The van der Waals surface area contributed by atoms with E-state index in [-0.39, 0.29) is 29.4 Å². The van der Waals surface area contributed by atoms with Gasteiger partial charge in [-0.3, -0.25) is 9.59 Å². The van der Waals surface area contributed by atoms with E-state index in [0.717, 1.165) is 6.07 Å². The summed E-state index contributed by atoms with van der Waals surface area (Å²) < 4.78 is 0. The molecule has 0 spiro atoms. The van der Waals surface area contributed by atoms with E-state index in [4.69, 9.17) is 10.2 Å². The van der Waals surface area contributed by atoms with Gasteiger partial charge in [-0.15, -0.1) is 0 Å². The SMILES string of the molecule is CC(CCC(=O)O)CNC(=O)c1ccc(O)cc1O. The highest BCUT2D eigenvalue weighted by molar-refractivity contribution is 5.96. The maximum atomic E-state index is 11.8. The molecule has 104 valence electrons. The normalized spacial score (nSPS) is 11.8. The summed E-state index contributed by atoms with van der Waals surface area (Å²) in [4.78, 5) is 22.1. The zero-order valence-corrected chi connectivity index (χ0v) is 10.6. The Kier molecular flexibility index (Phi) is 5.17. The number of benzene rings is 1. The first-order valence-electron chi connectivity index (χ1n) is 5.92. The van der Waals surface area contributed by atoms with Gasteiger partial charge in [0.2, 0.25) is 0 Å². The number of phenolic OH excluding ortho intramolecular Hbond substituents is 2. The first-order valence-corrected chi connectivity index (χ1v) is 5.92. The minimum atomic E-state index is -0.866. The van der Waals surface area contributed by atoms with E-state index >= 15 is 0 Å². The number of carbonyl (C=O) groups is 2. The molecular formula is C13H17NO5. The highest BCUT2D eigenvalue weighted by atomic mass is 16.4. The molecule has 0 bridgehead atoms. The fraction of sp³-hybridized carbons (Fsp3) is 0.385. The van der Waals surface area contributed by atoms with Crippen molar-refractivity contribution in [2.75, 3.05) is 6.54 Å². The molecule has 1 rings (SSSR count). The van der Waals surface area contributed by atoms with Crippen LogP contribution in [0.5, 0.6) is 11.5 Å². The molecule has 1 aromatic rings. The van der Waals surface area contributed by atoms with Crippen molar-refractivity contribution in [2.45, 2.75) is 19.8 Å². The molecule has 1 amide bonds. The molecule has 6 heteroatoms. The molecule has 19 heavy (non-hydrogen) atoms. The Labute approximate surface area is 110 Å². The summed E-state index contributed by atoms with van der Waals surface area (Å²) >= 11 is 0.